The van der Waals surface area contributed by atoms with Crippen molar-refractivity contribution in [3.63, 3.8) is 0 Å². The van der Waals surface area contributed by atoms with Crippen molar-refractivity contribution < 1.29 is 0 Å². The summed E-state index contributed by atoms with van der Waals surface area (Å²) >= 11 is 0. The van der Waals surface area contributed by atoms with Gasteiger partial charge in [0.2, 0.25) is 0 Å². The van der Waals surface area contributed by atoms with Crippen LogP contribution >= 0.6 is 0 Å². The highest BCUT2D eigenvalue weighted by atomic mass is 14.9. The molecule has 1 unspecified atom stereocenters. The summed E-state index contributed by atoms with van der Waals surface area (Å²) in [6, 6.07) is 9.19. The fourth-order valence-corrected chi connectivity index (χ4v) is 2.80. The van der Waals surface area contributed by atoms with Gasteiger partial charge in [0.25, 0.3) is 0 Å². The predicted octanol–water partition coefficient (Wildman–Crippen LogP) is 3.79. The first kappa shape index (κ1) is 13.4. The van der Waals surface area contributed by atoms with Crippen LogP contribution in [-0.4, -0.2) is 16.0 Å². The number of imidazole rings is 1. The molecule has 3 rings (SSSR count). The standard InChI is InChI=1S/C17H23N3/c1-3-11(2)12-4-6-13(7-5-12)16-10-19-17(20-16)14-8-15(18)9-14/h4-7,10-11,14-15H,3,8-9,18H2,1-2H3,(H,19,20). The van der Waals surface area contributed by atoms with Gasteiger partial charge in [0.05, 0.1) is 11.9 Å². The van der Waals surface area contributed by atoms with E-state index in [1.54, 1.807) is 0 Å². The van der Waals surface area contributed by atoms with Gasteiger partial charge in [-0.15, -0.1) is 0 Å². The predicted molar refractivity (Wildman–Crippen MR) is 82.7 cm³/mol. The first-order chi connectivity index (χ1) is 9.67. The molecule has 1 aliphatic carbocycles. The molecule has 0 spiro atoms. The number of hydrogen-bond donors (Lipinski definition) is 2. The van der Waals surface area contributed by atoms with Gasteiger partial charge in [0, 0.05) is 12.0 Å². The van der Waals surface area contributed by atoms with Crippen LogP contribution in [-0.2, 0) is 0 Å². The van der Waals surface area contributed by atoms with Crippen molar-refractivity contribution in [1.82, 2.24) is 9.97 Å². The fraction of sp³-hybridized carbons (Fsp3) is 0.471. The van der Waals surface area contributed by atoms with Crippen LogP contribution in [0.25, 0.3) is 11.3 Å². The summed E-state index contributed by atoms with van der Waals surface area (Å²) in [5.74, 6) is 2.24. The molecule has 3 N–H and O–H groups in total. The number of rotatable bonds is 4. The van der Waals surface area contributed by atoms with E-state index >= 15 is 0 Å². The Morgan fingerprint density at radius 1 is 1.30 bits per heavy atom. The summed E-state index contributed by atoms with van der Waals surface area (Å²) in [4.78, 5) is 7.96. The van der Waals surface area contributed by atoms with Gasteiger partial charge in [-0.25, -0.2) is 4.98 Å². The average Bonchev–Trinajstić information content (AvgIpc) is 2.92. The molecule has 2 aromatic rings. The SMILES string of the molecule is CCC(C)c1ccc(-c2cnc(C3CC(N)C3)[nH]2)cc1. The van der Waals surface area contributed by atoms with Gasteiger partial charge in [0.15, 0.2) is 0 Å². The minimum Gasteiger partial charge on any atom is -0.342 e. The molecule has 0 aliphatic heterocycles. The number of nitrogens with two attached hydrogens (primary N) is 1. The summed E-state index contributed by atoms with van der Waals surface area (Å²) in [6.07, 6.45) is 5.23. The van der Waals surface area contributed by atoms with Crippen molar-refractivity contribution in [1.29, 1.82) is 0 Å². The van der Waals surface area contributed by atoms with E-state index in [9.17, 15) is 0 Å². The summed E-state index contributed by atoms with van der Waals surface area (Å²) in [5.41, 5.74) is 9.56. The van der Waals surface area contributed by atoms with Crippen molar-refractivity contribution in [3.8, 4) is 11.3 Å². The highest BCUT2D eigenvalue weighted by molar-refractivity contribution is 5.59. The normalized spacial score (nSPS) is 23.4. The van der Waals surface area contributed by atoms with Gasteiger partial charge in [-0.05, 0) is 36.3 Å². The second kappa shape index (κ2) is 5.41. The number of nitrogens with one attached hydrogen (secondary N) is 1. The van der Waals surface area contributed by atoms with Gasteiger partial charge in [-0.3, -0.25) is 0 Å². The number of aromatic nitrogens is 2. The van der Waals surface area contributed by atoms with E-state index in [0.717, 1.165) is 24.4 Å². The molecule has 3 nitrogen and oxygen atoms in total. The fourth-order valence-electron chi connectivity index (χ4n) is 2.80. The first-order valence-electron chi connectivity index (χ1n) is 7.58. The maximum absolute atomic E-state index is 5.84. The van der Waals surface area contributed by atoms with Gasteiger partial charge < -0.3 is 10.7 Å². The summed E-state index contributed by atoms with van der Waals surface area (Å²) in [7, 11) is 0. The third kappa shape index (κ3) is 2.50. The zero-order valence-electron chi connectivity index (χ0n) is 12.3. The van der Waals surface area contributed by atoms with E-state index in [1.165, 1.54) is 17.5 Å². The molecule has 3 heteroatoms. The van der Waals surface area contributed by atoms with E-state index in [1.807, 2.05) is 6.20 Å². The van der Waals surface area contributed by atoms with Crippen LogP contribution in [0.15, 0.2) is 30.5 Å². The lowest BCUT2D eigenvalue weighted by Gasteiger charge is -2.30. The van der Waals surface area contributed by atoms with Crippen LogP contribution in [0, 0.1) is 0 Å². The average molecular weight is 269 g/mol. The maximum atomic E-state index is 5.84. The molecule has 20 heavy (non-hydrogen) atoms. The highest BCUT2D eigenvalue weighted by Crippen LogP contribution is 2.34. The molecular weight excluding hydrogens is 246 g/mol. The zero-order chi connectivity index (χ0) is 14.1. The Kier molecular flexibility index (Phi) is 3.62. The topological polar surface area (TPSA) is 54.7 Å². The summed E-state index contributed by atoms with van der Waals surface area (Å²) < 4.78 is 0. The van der Waals surface area contributed by atoms with Crippen LogP contribution < -0.4 is 5.73 Å². The smallest absolute Gasteiger partial charge is 0.109 e. The molecule has 1 saturated carbocycles. The monoisotopic (exact) mass is 269 g/mol. The Labute approximate surface area is 120 Å². The van der Waals surface area contributed by atoms with Crippen LogP contribution in [0.1, 0.15) is 56.3 Å². The van der Waals surface area contributed by atoms with Crippen LogP contribution in [0.5, 0.6) is 0 Å². The van der Waals surface area contributed by atoms with E-state index < -0.39 is 0 Å². The van der Waals surface area contributed by atoms with Gasteiger partial charge in [-0.2, -0.15) is 0 Å². The quantitative estimate of drug-likeness (QED) is 0.887. The third-order valence-corrected chi connectivity index (χ3v) is 4.56. The van der Waals surface area contributed by atoms with Crippen LogP contribution in [0.2, 0.25) is 0 Å². The molecule has 1 aromatic carbocycles. The maximum Gasteiger partial charge on any atom is 0.109 e. The lowest BCUT2D eigenvalue weighted by atomic mass is 9.80. The second-order valence-corrected chi connectivity index (χ2v) is 6.04. The van der Waals surface area contributed by atoms with Crippen molar-refractivity contribution in [3.05, 3.63) is 41.9 Å². The van der Waals surface area contributed by atoms with E-state index in [4.69, 9.17) is 5.73 Å². The molecular formula is C17H23N3. The molecule has 106 valence electrons. The highest BCUT2D eigenvalue weighted by Gasteiger charge is 2.29. The number of benzene rings is 1. The van der Waals surface area contributed by atoms with Crippen molar-refractivity contribution >= 4 is 0 Å². The largest absolute Gasteiger partial charge is 0.342 e. The summed E-state index contributed by atoms with van der Waals surface area (Å²) in [6.45, 7) is 4.49. The van der Waals surface area contributed by atoms with Gasteiger partial charge in [-0.1, -0.05) is 38.1 Å². The number of hydrogen-bond acceptors (Lipinski definition) is 2. The van der Waals surface area contributed by atoms with Crippen molar-refractivity contribution in [2.45, 2.75) is 51.0 Å². The van der Waals surface area contributed by atoms with Crippen molar-refractivity contribution in [2.75, 3.05) is 0 Å². The molecule has 0 bridgehead atoms. The van der Waals surface area contributed by atoms with Gasteiger partial charge >= 0.3 is 0 Å². The Hall–Kier alpha value is -1.61. The van der Waals surface area contributed by atoms with E-state index in [2.05, 4.69) is 48.1 Å². The number of H-pyrrole nitrogens is 1. The minimum atomic E-state index is 0.364. The second-order valence-electron chi connectivity index (χ2n) is 6.04. The van der Waals surface area contributed by atoms with Crippen molar-refractivity contribution in [2.24, 2.45) is 5.73 Å². The minimum absolute atomic E-state index is 0.364. The molecule has 1 aromatic heterocycles. The Morgan fingerprint density at radius 2 is 2.00 bits per heavy atom. The lowest BCUT2D eigenvalue weighted by molar-refractivity contribution is 0.340. The Morgan fingerprint density at radius 3 is 2.60 bits per heavy atom. The molecule has 1 heterocycles. The van der Waals surface area contributed by atoms with E-state index in [-0.39, 0.29) is 0 Å². The van der Waals surface area contributed by atoms with Crippen LogP contribution in [0.4, 0.5) is 0 Å². The molecule has 1 fully saturated rings. The third-order valence-electron chi connectivity index (χ3n) is 4.56. The number of aromatic amines is 1. The zero-order valence-corrected chi connectivity index (χ0v) is 12.3. The Bertz CT molecular complexity index is 564. The molecule has 0 saturated heterocycles. The molecule has 0 amide bonds. The Balaban J connectivity index is 1.76. The van der Waals surface area contributed by atoms with Crippen LogP contribution in [0.3, 0.4) is 0 Å². The first-order valence-corrected chi connectivity index (χ1v) is 7.58. The van der Waals surface area contributed by atoms with Gasteiger partial charge in [0.1, 0.15) is 5.82 Å². The van der Waals surface area contributed by atoms with E-state index in [0.29, 0.717) is 17.9 Å². The summed E-state index contributed by atoms with van der Waals surface area (Å²) in [5, 5.41) is 0. The number of nitrogens with zero attached hydrogens (tertiary/aromatic N) is 1. The molecule has 1 atom stereocenters. The molecule has 0 radical (unpaired) electrons. The molecule has 1 aliphatic rings. The lowest BCUT2D eigenvalue weighted by Crippen LogP contribution is -2.35.